The number of esters is 2. The lowest BCUT2D eigenvalue weighted by Crippen LogP contribution is -2.54. The standard InChI is InChI=1S/C14H22O6/c1-13(2)9(11(15)17-3)7-14(19-5-6-20-14)8-10(13)12(16)18-4/h9-10H,5-8H2,1-4H3. The van der Waals surface area contributed by atoms with Gasteiger partial charge in [-0.25, -0.2) is 0 Å². The van der Waals surface area contributed by atoms with Crippen LogP contribution in [0.4, 0.5) is 0 Å². The Labute approximate surface area is 118 Å². The van der Waals surface area contributed by atoms with Crippen LogP contribution in [-0.4, -0.2) is 45.2 Å². The highest BCUT2D eigenvalue weighted by atomic mass is 16.7. The number of rotatable bonds is 2. The Hall–Kier alpha value is -1.14. The molecule has 114 valence electrons. The summed E-state index contributed by atoms with van der Waals surface area (Å²) in [5.74, 6) is -2.50. The summed E-state index contributed by atoms with van der Waals surface area (Å²) >= 11 is 0. The fourth-order valence-electron chi connectivity index (χ4n) is 3.27. The molecule has 6 heteroatoms. The third-order valence-electron chi connectivity index (χ3n) is 4.61. The maximum atomic E-state index is 12.1. The Kier molecular flexibility index (Phi) is 4.07. The molecule has 0 aromatic carbocycles. The van der Waals surface area contributed by atoms with Crippen LogP contribution < -0.4 is 0 Å². The number of carbonyl (C=O) groups is 2. The van der Waals surface area contributed by atoms with E-state index in [1.165, 1.54) is 14.2 Å². The third kappa shape index (κ3) is 2.42. The number of hydrogen-bond acceptors (Lipinski definition) is 6. The zero-order valence-electron chi connectivity index (χ0n) is 12.4. The smallest absolute Gasteiger partial charge is 0.309 e. The van der Waals surface area contributed by atoms with Gasteiger partial charge >= 0.3 is 11.9 Å². The molecule has 20 heavy (non-hydrogen) atoms. The van der Waals surface area contributed by atoms with Crippen LogP contribution in [-0.2, 0) is 28.5 Å². The molecule has 2 fully saturated rings. The molecule has 6 nitrogen and oxygen atoms in total. The average Bonchev–Trinajstić information content (AvgIpc) is 2.88. The zero-order valence-corrected chi connectivity index (χ0v) is 12.4. The molecule has 0 radical (unpaired) electrons. The summed E-state index contributed by atoms with van der Waals surface area (Å²) in [6.45, 7) is 4.72. The molecule has 1 saturated carbocycles. The van der Waals surface area contributed by atoms with Gasteiger partial charge in [0, 0.05) is 12.8 Å². The number of ether oxygens (including phenoxy) is 4. The van der Waals surface area contributed by atoms with E-state index in [0.717, 1.165) is 0 Å². The second-order valence-corrected chi connectivity index (χ2v) is 5.99. The fraction of sp³-hybridized carbons (Fsp3) is 0.857. The van der Waals surface area contributed by atoms with Crippen molar-refractivity contribution in [1.29, 1.82) is 0 Å². The van der Waals surface area contributed by atoms with E-state index in [0.29, 0.717) is 26.1 Å². The molecule has 1 saturated heterocycles. The van der Waals surface area contributed by atoms with Crippen molar-refractivity contribution in [2.24, 2.45) is 17.3 Å². The van der Waals surface area contributed by atoms with Crippen molar-refractivity contribution in [2.45, 2.75) is 32.5 Å². The van der Waals surface area contributed by atoms with Crippen LogP contribution in [0.2, 0.25) is 0 Å². The summed E-state index contributed by atoms with van der Waals surface area (Å²) in [7, 11) is 2.70. The summed E-state index contributed by atoms with van der Waals surface area (Å²) < 4.78 is 21.1. The van der Waals surface area contributed by atoms with Gasteiger partial charge in [-0.3, -0.25) is 9.59 Å². The first-order valence-corrected chi connectivity index (χ1v) is 6.80. The molecule has 2 aliphatic rings. The zero-order chi connectivity index (χ0) is 15.0. The summed E-state index contributed by atoms with van der Waals surface area (Å²) in [6, 6.07) is 0. The van der Waals surface area contributed by atoms with Crippen LogP contribution in [0.15, 0.2) is 0 Å². The second kappa shape index (κ2) is 5.33. The molecule has 0 aromatic rings. The van der Waals surface area contributed by atoms with Gasteiger partial charge in [-0.15, -0.1) is 0 Å². The maximum Gasteiger partial charge on any atom is 0.309 e. The Morgan fingerprint density at radius 3 is 1.70 bits per heavy atom. The summed E-state index contributed by atoms with van der Waals surface area (Å²) in [5.41, 5.74) is -0.569. The van der Waals surface area contributed by atoms with E-state index < -0.39 is 23.0 Å². The van der Waals surface area contributed by atoms with E-state index >= 15 is 0 Å². The maximum absolute atomic E-state index is 12.1. The number of carbonyl (C=O) groups excluding carboxylic acids is 2. The molecule has 1 aliphatic heterocycles. The van der Waals surface area contributed by atoms with E-state index in [4.69, 9.17) is 18.9 Å². The lowest BCUT2D eigenvalue weighted by Gasteiger charge is -2.48. The lowest BCUT2D eigenvalue weighted by atomic mass is 9.60. The molecular weight excluding hydrogens is 264 g/mol. The monoisotopic (exact) mass is 286 g/mol. The van der Waals surface area contributed by atoms with Crippen molar-refractivity contribution >= 4 is 11.9 Å². The van der Waals surface area contributed by atoms with E-state index in [1.54, 1.807) is 0 Å². The first-order chi connectivity index (χ1) is 9.36. The third-order valence-corrected chi connectivity index (χ3v) is 4.61. The Morgan fingerprint density at radius 1 is 0.950 bits per heavy atom. The van der Waals surface area contributed by atoms with Crippen molar-refractivity contribution in [1.82, 2.24) is 0 Å². The minimum Gasteiger partial charge on any atom is -0.469 e. The predicted octanol–water partition coefficient (Wildman–Crippen LogP) is 1.13. The highest BCUT2D eigenvalue weighted by Gasteiger charge is 2.58. The largest absolute Gasteiger partial charge is 0.469 e. The van der Waals surface area contributed by atoms with E-state index in [9.17, 15) is 9.59 Å². The number of hydrogen-bond donors (Lipinski definition) is 0. The quantitative estimate of drug-likeness (QED) is 0.709. The van der Waals surface area contributed by atoms with Gasteiger partial charge in [0.15, 0.2) is 5.79 Å². The molecule has 0 bridgehead atoms. The molecule has 2 atom stereocenters. The van der Waals surface area contributed by atoms with Gasteiger partial charge in [0.2, 0.25) is 0 Å². The van der Waals surface area contributed by atoms with Crippen LogP contribution in [0.25, 0.3) is 0 Å². The van der Waals surface area contributed by atoms with Gasteiger partial charge in [0.25, 0.3) is 0 Å². The van der Waals surface area contributed by atoms with Crippen LogP contribution in [0.5, 0.6) is 0 Å². The van der Waals surface area contributed by atoms with Crippen LogP contribution in [0, 0.1) is 17.3 Å². The summed E-state index contributed by atoms with van der Waals surface area (Å²) in [6.07, 6.45) is 0.806. The van der Waals surface area contributed by atoms with Gasteiger partial charge in [-0.1, -0.05) is 13.8 Å². The Bertz CT molecular complexity index is 366. The minimum absolute atomic E-state index is 0.345. The average molecular weight is 286 g/mol. The molecule has 2 rings (SSSR count). The van der Waals surface area contributed by atoms with Crippen molar-refractivity contribution in [3.05, 3.63) is 0 Å². The molecule has 0 aromatic heterocycles. The normalized spacial score (nSPS) is 31.0. The highest BCUT2D eigenvalue weighted by Crippen LogP contribution is 2.52. The Balaban J connectivity index is 2.35. The molecule has 0 N–H and O–H groups in total. The first-order valence-electron chi connectivity index (χ1n) is 6.80. The fourth-order valence-corrected chi connectivity index (χ4v) is 3.27. The molecular formula is C14H22O6. The highest BCUT2D eigenvalue weighted by molar-refractivity contribution is 5.78. The molecule has 1 spiro atoms. The van der Waals surface area contributed by atoms with Crippen LogP contribution in [0.1, 0.15) is 26.7 Å². The summed E-state index contributed by atoms with van der Waals surface area (Å²) in [4.78, 5) is 24.2. The van der Waals surface area contributed by atoms with E-state index in [-0.39, 0.29) is 11.9 Å². The Morgan fingerprint density at radius 2 is 1.35 bits per heavy atom. The van der Waals surface area contributed by atoms with Crippen LogP contribution in [0.3, 0.4) is 0 Å². The summed E-state index contributed by atoms with van der Waals surface area (Å²) in [5, 5.41) is 0. The first kappa shape index (κ1) is 15.3. The minimum atomic E-state index is -0.868. The molecule has 0 amide bonds. The lowest BCUT2D eigenvalue weighted by molar-refractivity contribution is -0.229. The van der Waals surface area contributed by atoms with Gasteiger partial charge in [0.1, 0.15) is 0 Å². The topological polar surface area (TPSA) is 71.1 Å². The van der Waals surface area contributed by atoms with Gasteiger partial charge in [0.05, 0.1) is 39.3 Å². The molecule has 1 aliphatic carbocycles. The second-order valence-electron chi connectivity index (χ2n) is 5.99. The SMILES string of the molecule is COC(=O)C1CC2(CC(C(=O)OC)C1(C)C)OCCO2. The van der Waals surface area contributed by atoms with E-state index in [2.05, 4.69) is 0 Å². The van der Waals surface area contributed by atoms with Crippen molar-refractivity contribution < 1.29 is 28.5 Å². The van der Waals surface area contributed by atoms with Crippen LogP contribution >= 0.6 is 0 Å². The molecule has 2 unspecified atom stereocenters. The van der Waals surface area contributed by atoms with Crippen molar-refractivity contribution in [2.75, 3.05) is 27.4 Å². The van der Waals surface area contributed by atoms with Gasteiger partial charge in [-0.2, -0.15) is 0 Å². The van der Waals surface area contributed by atoms with Crippen molar-refractivity contribution in [3.63, 3.8) is 0 Å². The van der Waals surface area contributed by atoms with Gasteiger partial charge < -0.3 is 18.9 Å². The molecule has 1 heterocycles. The van der Waals surface area contributed by atoms with Gasteiger partial charge in [-0.05, 0) is 5.41 Å². The number of methoxy groups -OCH3 is 2. The predicted molar refractivity (Wildman–Crippen MR) is 68.7 cm³/mol. The van der Waals surface area contributed by atoms with Crippen molar-refractivity contribution in [3.8, 4) is 0 Å². The van der Waals surface area contributed by atoms with E-state index in [1.807, 2.05) is 13.8 Å².